The average molecular weight is 281 g/mol. The standard InChI is InChI=1S/C17H21N4/c1-21(2)12-14-10-15(21)11-20(14)17-9-8-16(18-19-17)13-6-4-3-5-7-13/h3-9,14-15H,10-12H2,1-2H3/q+1/t14?,15-/m0/s1. The predicted octanol–water partition coefficient (Wildman–Crippen LogP) is 2.18. The van der Waals surface area contributed by atoms with E-state index in [2.05, 4.69) is 53.5 Å². The molecule has 0 saturated carbocycles. The third-order valence-corrected chi connectivity index (χ3v) is 5.08. The van der Waals surface area contributed by atoms with Gasteiger partial charge in [0.1, 0.15) is 6.04 Å². The van der Waals surface area contributed by atoms with Crippen LogP contribution in [0.15, 0.2) is 42.5 Å². The molecule has 3 heterocycles. The molecule has 4 nitrogen and oxygen atoms in total. The summed E-state index contributed by atoms with van der Waals surface area (Å²) in [5.74, 6) is 1.03. The Labute approximate surface area is 125 Å². The summed E-state index contributed by atoms with van der Waals surface area (Å²) in [4.78, 5) is 2.44. The minimum Gasteiger partial charge on any atom is -0.340 e. The van der Waals surface area contributed by atoms with Crippen molar-refractivity contribution in [2.24, 2.45) is 0 Å². The molecule has 4 rings (SSSR count). The van der Waals surface area contributed by atoms with Gasteiger partial charge >= 0.3 is 0 Å². The van der Waals surface area contributed by atoms with Gasteiger partial charge in [-0.1, -0.05) is 30.3 Å². The number of benzene rings is 1. The van der Waals surface area contributed by atoms with Crippen LogP contribution in [0.25, 0.3) is 11.3 Å². The zero-order valence-corrected chi connectivity index (χ0v) is 12.6. The molecule has 2 aliphatic rings. The van der Waals surface area contributed by atoms with Crippen LogP contribution in [0.4, 0.5) is 5.82 Å². The second kappa shape index (κ2) is 4.53. The SMILES string of the molecule is C[N+]1(C)CC2C[C@H]1CN2c1ccc(-c2ccccc2)nn1. The predicted molar refractivity (Wildman–Crippen MR) is 84.0 cm³/mol. The zero-order valence-electron chi connectivity index (χ0n) is 12.6. The molecule has 0 N–H and O–H groups in total. The van der Waals surface area contributed by atoms with E-state index in [9.17, 15) is 0 Å². The number of quaternary nitrogens is 1. The smallest absolute Gasteiger partial charge is 0.151 e. The van der Waals surface area contributed by atoms with Gasteiger partial charge in [-0.05, 0) is 12.1 Å². The highest BCUT2D eigenvalue weighted by Crippen LogP contribution is 2.36. The number of hydrogen-bond donors (Lipinski definition) is 0. The number of piperazine rings is 1. The highest BCUT2D eigenvalue weighted by atomic mass is 15.5. The number of fused-ring (bicyclic) bond motifs is 2. The first-order valence-corrected chi connectivity index (χ1v) is 7.62. The summed E-state index contributed by atoms with van der Waals surface area (Å²) in [5, 5.41) is 8.89. The molecule has 4 heteroatoms. The van der Waals surface area contributed by atoms with Crippen molar-refractivity contribution in [2.75, 3.05) is 32.1 Å². The fourth-order valence-corrected chi connectivity index (χ4v) is 3.79. The summed E-state index contributed by atoms with van der Waals surface area (Å²) in [6.07, 6.45) is 1.29. The summed E-state index contributed by atoms with van der Waals surface area (Å²) in [5.41, 5.74) is 2.07. The van der Waals surface area contributed by atoms with E-state index in [1.165, 1.54) is 13.0 Å². The molecular formula is C17H21N4+. The van der Waals surface area contributed by atoms with E-state index >= 15 is 0 Å². The molecule has 2 atom stereocenters. The number of rotatable bonds is 2. The van der Waals surface area contributed by atoms with Gasteiger partial charge < -0.3 is 9.38 Å². The molecule has 1 unspecified atom stereocenters. The molecular weight excluding hydrogens is 260 g/mol. The Morgan fingerprint density at radius 3 is 2.43 bits per heavy atom. The lowest BCUT2D eigenvalue weighted by Crippen LogP contribution is -2.55. The van der Waals surface area contributed by atoms with Crippen LogP contribution in [-0.4, -0.2) is 53.9 Å². The molecule has 2 aromatic rings. The van der Waals surface area contributed by atoms with Crippen LogP contribution >= 0.6 is 0 Å². The van der Waals surface area contributed by atoms with Crippen molar-refractivity contribution in [1.82, 2.24) is 10.2 Å². The molecule has 0 spiro atoms. The van der Waals surface area contributed by atoms with E-state index in [0.717, 1.165) is 34.1 Å². The number of anilines is 1. The number of likely N-dealkylation sites (N-methyl/N-ethyl adjacent to an activating group) is 1. The number of hydrogen-bond acceptors (Lipinski definition) is 3. The molecule has 1 aromatic heterocycles. The summed E-state index contributed by atoms with van der Waals surface area (Å²) in [6.45, 7) is 2.32. The fourth-order valence-electron chi connectivity index (χ4n) is 3.79. The fraction of sp³-hybridized carbons (Fsp3) is 0.412. The second-order valence-electron chi connectivity index (χ2n) is 6.80. The first-order valence-electron chi connectivity index (χ1n) is 7.62. The molecule has 1 aromatic carbocycles. The molecule has 21 heavy (non-hydrogen) atoms. The van der Waals surface area contributed by atoms with Crippen LogP contribution in [-0.2, 0) is 0 Å². The maximum atomic E-state index is 4.47. The quantitative estimate of drug-likeness (QED) is 0.790. The second-order valence-corrected chi connectivity index (χ2v) is 6.80. The maximum Gasteiger partial charge on any atom is 0.151 e. The minimum absolute atomic E-state index is 0.627. The lowest BCUT2D eigenvalue weighted by molar-refractivity contribution is -0.903. The third-order valence-electron chi connectivity index (χ3n) is 5.08. The van der Waals surface area contributed by atoms with Gasteiger partial charge in [0, 0.05) is 12.0 Å². The Morgan fingerprint density at radius 2 is 1.86 bits per heavy atom. The van der Waals surface area contributed by atoms with Crippen molar-refractivity contribution in [1.29, 1.82) is 0 Å². The molecule has 0 radical (unpaired) electrons. The Bertz CT molecular complexity index is 636. The summed E-state index contributed by atoms with van der Waals surface area (Å²) in [7, 11) is 4.68. The van der Waals surface area contributed by atoms with Crippen LogP contribution in [0, 0.1) is 0 Å². The van der Waals surface area contributed by atoms with Crippen molar-refractivity contribution in [3.05, 3.63) is 42.5 Å². The van der Waals surface area contributed by atoms with Crippen LogP contribution < -0.4 is 4.90 Å². The lowest BCUT2D eigenvalue weighted by atomic mass is 10.1. The number of likely N-dealkylation sites (tertiary alicyclic amines) is 1. The van der Waals surface area contributed by atoms with E-state index in [0.29, 0.717) is 6.04 Å². The van der Waals surface area contributed by atoms with Gasteiger partial charge in [0.05, 0.1) is 38.9 Å². The van der Waals surface area contributed by atoms with Crippen molar-refractivity contribution in [3.63, 3.8) is 0 Å². The minimum atomic E-state index is 0.627. The lowest BCUT2D eigenvalue weighted by Gasteiger charge is -2.38. The van der Waals surface area contributed by atoms with Gasteiger partial charge in [0.2, 0.25) is 0 Å². The molecule has 2 fully saturated rings. The van der Waals surface area contributed by atoms with E-state index in [1.807, 2.05) is 18.2 Å². The van der Waals surface area contributed by atoms with Crippen LogP contribution in [0.3, 0.4) is 0 Å². The highest BCUT2D eigenvalue weighted by Gasteiger charge is 2.50. The van der Waals surface area contributed by atoms with Crippen LogP contribution in [0.5, 0.6) is 0 Å². The van der Waals surface area contributed by atoms with E-state index in [-0.39, 0.29) is 0 Å². The topological polar surface area (TPSA) is 29.0 Å². The molecule has 2 saturated heterocycles. The van der Waals surface area contributed by atoms with E-state index < -0.39 is 0 Å². The Kier molecular flexibility index (Phi) is 2.76. The zero-order chi connectivity index (χ0) is 14.4. The summed E-state index contributed by atoms with van der Waals surface area (Å²) >= 11 is 0. The average Bonchev–Trinajstić information content (AvgIpc) is 3.04. The monoisotopic (exact) mass is 281 g/mol. The van der Waals surface area contributed by atoms with Crippen molar-refractivity contribution in [2.45, 2.75) is 18.5 Å². The molecule has 108 valence electrons. The highest BCUT2D eigenvalue weighted by molar-refractivity contribution is 5.59. The first-order chi connectivity index (χ1) is 10.1. The van der Waals surface area contributed by atoms with Gasteiger partial charge in [0.25, 0.3) is 0 Å². The van der Waals surface area contributed by atoms with Gasteiger partial charge in [-0.25, -0.2) is 0 Å². The molecule has 2 bridgehead atoms. The Morgan fingerprint density at radius 1 is 1.05 bits per heavy atom. The largest absolute Gasteiger partial charge is 0.340 e. The summed E-state index contributed by atoms with van der Waals surface area (Å²) < 4.78 is 1.15. The van der Waals surface area contributed by atoms with Crippen molar-refractivity contribution < 1.29 is 4.48 Å². The van der Waals surface area contributed by atoms with Gasteiger partial charge in [-0.2, -0.15) is 0 Å². The van der Waals surface area contributed by atoms with Crippen LogP contribution in [0.1, 0.15) is 6.42 Å². The van der Waals surface area contributed by atoms with E-state index in [4.69, 9.17) is 0 Å². The van der Waals surface area contributed by atoms with Gasteiger partial charge in [-0.3, -0.25) is 0 Å². The van der Waals surface area contributed by atoms with E-state index in [1.54, 1.807) is 0 Å². The number of aromatic nitrogens is 2. The van der Waals surface area contributed by atoms with Crippen molar-refractivity contribution in [3.8, 4) is 11.3 Å². The van der Waals surface area contributed by atoms with Crippen molar-refractivity contribution >= 4 is 5.82 Å². The third kappa shape index (κ3) is 2.10. The molecule has 0 aliphatic carbocycles. The van der Waals surface area contributed by atoms with Crippen LogP contribution in [0.2, 0.25) is 0 Å². The molecule has 2 aliphatic heterocycles. The first kappa shape index (κ1) is 12.8. The maximum absolute atomic E-state index is 4.47. The summed E-state index contributed by atoms with van der Waals surface area (Å²) in [6, 6.07) is 15.8. The molecule has 0 amide bonds. The number of nitrogens with zero attached hydrogens (tertiary/aromatic N) is 4. The Balaban J connectivity index is 1.56. The normalized spacial score (nSPS) is 26.3. The Hall–Kier alpha value is -1.94. The van der Waals surface area contributed by atoms with Gasteiger partial charge in [-0.15, -0.1) is 10.2 Å². The van der Waals surface area contributed by atoms with Gasteiger partial charge in [0.15, 0.2) is 5.82 Å².